The molecule has 16 heavy (non-hydrogen) atoms. The van der Waals surface area contributed by atoms with Crippen LogP contribution in [0.1, 0.15) is 5.56 Å². The number of hydrogen-bond donors (Lipinski definition) is 1. The van der Waals surface area contributed by atoms with Crippen LogP contribution in [0.5, 0.6) is 0 Å². The number of aliphatic hydroxyl groups excluding tert-OH is 1. The largest absolute Gasteiger partial charge is 0.387 e. The quantitative estimate of drug-likeness (QED) is 0.802. The maximum Gasteiger partial charge on any atom is 0.246 e. The van der Waals surface area contributed by atoms with Crippen molar-refractivity contribution in [2.24, 2.45) is 0 Å². The van der Waals surface area contributed by atoms with Crippen LogP contribution in [-0.2, 0) is 11.2 Å². The molecule has 0 aromatic heterocycles. The van der Waals surface area contributed by atoms with Gasteiger partial charge < -0.3 is 10.0 Å². The fourth-order valence-corrected chi connectivity index (χ4v) is 1.93. The molecule has 1 aliphatic rings. The molecule has 3 nitrogen and oxygen atoms in total. The van der Waals surface area contributed by atoms with Gasteiger partial charge in [0.05, 0.1) is 12.1 Å². The van der Waals surface area contributed by atoms with E-state index in [1.54, 1.807) is 18.0 Å². The number of carbonyl (C=O) groups is 1. The maximum absolute atomic E-state index is 11.5. The Morgan fingerprint density at radius 3 is 2.69 bits per heavy atom. The number of benzene rings is 1. The van der Waals surface area contributed by atoms with Crippen LogP contribution in [0.15, 0.2) is 42.5 Å². The third-order valence-corrected chi connectivity index (χ3v) is 2.96. The van der Waals surface area contributed by atoms with Crippen LogP contribution in [0.2, 0.25) is 0 Å². The van der Waals surface area contributed by atoms with Crippen LogP contribution in [0, 0.1) is 0 Å². The molecule has 0 saturated heterocycles. The summed E-state index contributed by atoms with van der Waals surface area (Å²) in [6.45, 7) is 0. The van der Waals surface area contributed by atoms with E-state index in [2.05, 4.69) is 0 Å². The summed E-state index contributed by atoms with van der Waals surface area (Å²) in [5.41, 5.74) is 1.13. The summed E-state index contributed by atoms with van der Waals surface area (Å²) < 4.78 is 0. The van der Waals surface area contributed by atoms with Crippen molar-refractivity contribution < 1.29 is 9.90 Å². The van der Waals surface area contributed by atoms with Gasteiger partial charge in [0.25, 0.3) is 0 Å². The summed E-state index contributed by atoms with van der Waals surface area (Å²) in [5, 5.41) is 9.84. The van der Waals surface area contributed by atoms with Gasteiger partial charge in [-0.2, -0.15) is 0 Å². The van der Waals surface area contributed by atoms with E-state index in [1.807, 2.05) is 30.3 Å². The zero-order valence-corrected chi connectivity index (χ0v) is 9.21. The van der Waals surface area contributed by atoms with Crippen LogP contribution in [0.25, 0.3) is 0 Å². The summed E-state index contributed by atoms with van der Waals surface area (Å²) >= 11 is 0. The van der Waals surface area contributed by atoms with Gasteiger partial charge in [0.1, 0.15) is 0 Å². The molecule has 1 aromatic rings. The third-order valence-electron chi connectivity index (χ3n) is 2.96. The molecular formula is C13H15NO2. The van der Waals surface area contributed by atoms with Gasteiger partial charge in [0, 0.05) is 13.1 Å². The fourth-order valence-electron chi connectivity index (χ4n) is 1.93. The highest BCUT2D eigenvalue weighted by Crippen LogP contribution is 2.16. The molecule has 0 saturated carbocycles. The molecule has 1 amide bonds. The monoisotopic (exact) mass is 217 g/mol. The van der Waals surface area contributed by atoms with E-state index in [0.717, 1.165) is 5.56 Å². The first-order chi connectivity index (χ1) is 7.68. The molecule has 1 aliphatic heterocycles. The minimum atomic E-state index is -0.581. The van der Waals surface area contributed by atoms with E-state index in [1.165, 1.54) is 6.08 Å². The molecule has 1 heterocycles. The van der Waals surface area contributed by atoms with Gasteiger partial charge in [-0.15, -0.1) is 0 Å². The maximum atomic E-state index is 11.5. The Hall–Kier alpha value is -1.61. The predicted molar refractivity (Wildman–Crippen MR) is 61.9 cm³/mol. The molecule has 1 aromatic carbocycles. The Balaban J connectivity index is 2.15. The van der Waals surface area contributed by atoms with Gasteiger partial charge in [-0.3, -0.25) is 4.79 Å². The topological polar surface area (TPSA) is 40.5 Å². The summed E-state index contributed by atoms with van der Waals surface area (Å²) in [5.74, 6) is -0.0498. The lowest BCUT2D eigenvalue weighted by Gasteiger charge is -2.33. The number of carbonyl (C=O) groups excluding carboxylic acids is 1. The van der Waals surface area contributed by atoms with Crippen LogP contribution < -0.4 is 0 Å². The average Bonchev–Trinajstić information content (AvgIpc) is 2.31. The Labute approximate surface area is 95.0 Å². The SMILES string of the molecule is CN1C(=O)C=C[C@@H](O)[C@@H]1Cc1ccccc1. The van der Waals surface area contributed by atoms with Crippen molar-refractivity contribution in [1.29, 1.82) is 0 Å². The lowest BCUT2D eigenvalue weighted by Crippen LogP contribution is -2.47. The Bertz CT molecular complexity index is 400. The summed E-state index contributed by atoms with van der Waals surface area (Å²) in [4.78, 5) is 13.1. The number of aliphatic hydroxyl groups is 1. The Kier molecular flexibility index (Phi) is 3.06. The van der Waals surface area contributed by atoms with Crippen molar-refractivity contribution >= 4 is 5.91 Å². The number of hydrogen-bond acceptors (Lipinski definition) is 2. The molecule has 0 bridgehead atoms. The molecule has 2 atom stereocenters. The number of likely N-dealkylation sites (N-methyl/N-ethyl adjacent to an activating group) is 1. The highest BCUT2D eigenvalue weighted by atomic mass is 16.3. The van der Waals surface area contributed by atoms with Gasteiger partial charge in [-0.1, -0.05) is 30.3 Å². The molecule has 0 unspecified atom stereocenters. The van der Waals surface area contributed by atoms with Crippen LogP contribution in [0.3, 0.4) is 0 Å². The number of nitrogens with zero attached hydrogens (tertiary/aromatic N) is 1. The van der Waals surface area contributed by atoms with E-state index in [-0.39, 0.29) is 11.9 Å². The minimum Gasteiger partial charge on any atom is -0.387 e. The van der Waals surface area contributed by atoms with Gasteiger partial charge in [-0.25, -0.2) is 0 Å². The molecule has 84 valence electrons. The highest BCUT2D eigenvalue weighted by molar-refractivity contribution is 5.88. The Morgan fingerprint density at radius 1 is 1.31 bits per heavy atom. The molecule has 0 aliphatic carbocycles. The summed E-state index contributed by atoms with van der Waals surface area (Å²) in [7, 11) is 1.72. The van der Waals surface area contributed by atoms with Gasteiger partial charge in [-0.05, 0) is 18.1 Å². The molecule has 0 spiro atoms. The Morgan fingerprint density at radius 2 is 2.00 bits per heavy atom. The fraction of sp³-hybridized carbons (Fsp3) is 0.308. The first-order valence-electron chi connectivity index (χ1n) is 5.35. The molecule has 0 fully saturated rings. The van der Waals surface area contributed by atoms with Crippen LogP contribution in [0.4, 0.5) is 0 Å². The normalized spacial score (nSPS) is 24.9. The molecule has 1 N–H and O–H groups in total. The number of amides is 1. The van der Waals surface area contributed by atoms with Gasteiger partial charge >= 0.3 is 0 Å². The second-order valence-corrected chi connectivity index (χ2v) is 4.06. The van der Waals surface area contributed by atoms with E-state index < -0.39 is 6.10 Å². The van der Waals surface area contributed by atoms with E-state index in [9.17, 15) is 9.90 Å². The molecule has 3 heteroatoms. The van der Waals surface area contributed by atoms with Crippen molar-refractivity contribution in [3.63, 3.8) is 0 Å². The van der Waals surface area contributed by atoms with Crippen LogP contribution >= 0.6 is 0 Å². The van der Waals surface area contributed by atoms with E-state index >= 15 is 0 Å². The second-order valence-electron chi connectivity index (χ2n) is 4.06. The molecule has 0 radical (unpaired) electrons. The van der Waals surface area contributed by atoms with Crippen molar-refractivity contribution in [2.45, 2.75) is 18.6 Å². The third kappa shape index (κ3) is 2.14. The smallest absolute Gasteiger partial charge is 0.246 e. The molecule has 2 rings (SSSR count). The van der Waals surface area contributed by atoms with Crippen molar-refractivity contribution in [1.82, 2.24) is 4.90 Å². The molecular weight excluding hydrogens is 202 g/mol. The summed E-state index contributed by atoms with van der Waals surface area (Å²) in [6.07, 6.45) is 3.08. The van der Waals surface area contributed by atoms with Crippen molar-refractivity contribution in [3.05, 3.63) is 48.0 Å². The zero-order chi connectivity index (χ0) is 11.5. The lowest BCUT2D eigenvalue weighted by molar-refractivity contribution is -0.129. The lowest BCUT2D eigenvalue weighted by atomic mass is 9.97. The first kappa shape index (κ1) is 10.9. The minimum absolute atomic E-state index is 0.0498. The van der Waals surface area contributed by atoms with Gasteiger partial charge in [0.2, 0.25) is 5.91 Å². The predicted octanol–water partition coefficient (Wildman–Crippen LogP) is 0.987. The average molecular weight is 217 g/mol. The standard InChI is InChI=1S/C13H15NO2/c1-14-11(12(15)7-8-13(14)16)9-10-5-3-2-4-6-10/h2-8,11-12,15H,9H2,1H3/t11-,12+/m0/s1. The van der Waals surface area contributed by atoms with Gasteiger partial charge in [0.15, 0.2) is 0 Å². The number of rotatable bonds is 2. The first-order valence-corrected chi connectivity index (χ1v) is 5.35. The van der Waals surface area contributed by atoms with Crippen LogP contribution in [-0.4, -0.2) is 35.1 Å². The zero-order valence-electron chi connectivity index (χ0n) is 9.21. The second kappa shape index (κ2) is 4.49. The van der Waals surface area contributed by atoms with E-state index in [4.69, 9.17) is 0 Å². The summed E-state index contributed by atoms with van der Waals surface area (Å²) in [6, 6.07) is 9.71. The van der Waals surface area contributed by atoms with E-state index in [0.29, 0.717) is 6.42 Å². The van der Waals surface area contributed by atoms with Crippen molar-refractivity contribution in [3.8, 4) is 0 Å². The van der Waals surface area contributed by atoms with Crippen molar-refractivity contribution in [2.75, 3.05) is 7.05 Å². The highest BCUT2D eigenvalue weighted by Gasteiger charge is 2.28.